The first-order chi connectivity index (χ1) is 7.57. The number of aliphatic hydroxyl groups is 3. The minimum absolute atomic E-state index is 0. The van der Waals surface area contributed by atoms with Crippen LogP contribution in [-0.2, 0) is 19.9 Å². The smallest absolute Gasteiger partial charge is 0.870 e. The summed E-state index contributed by atoms with van der Waals surface area (Å²) in [6.45, 7) is -0.711. The minimum Gasteiger partial charge on any atom is -0.870 e. The van der Waals surface area contributed by atoms with Crippen LogP contribution in [0.15, 0.2) is 11.5 Å². The molecule has 2 atom stereocenters. The Labute approximate surface area is 144 Å². The molecule has 18 heavy (non-hydrogen) atoms. The first-order valence-corrected chi connectivity index (χ1v) is 5.27. The Morgan fingerprint density at radius 2 is 1.78 bits per heavy atom. The maximum atomic E-state index is 10.8. The van der Waals surface area contributed by atoms with Crippen LogP contribution < -0.4 is 56.5 Å². The van der Waals surface area contributed by atoms with Crippen LogP contribution in [0.2, 0.25) is 0 Å². The minimum atomic E-state index is -4.67. The van der Waals surface area contributed by atoms with Crippen molar-refractivity contribution in [3.8, 4) is 0 Å². The Bertz CT molecular complexity index is 406. The zero-order valence-corrected chi connectivity index (χ0v) is 13.0. The van der Waals surface area contributed by atoms with E-state index in [1.54, 1.807) is 0 Å². The second-order valence-corrected chi connectivity index (χ2v) is 3.63. The molecule has 0 saturated carbocycles. The van der Waals surface area contributed by atoms with Crippen LogP contribution in [0.4, 0.5) is 0 Å². The number of rotatable bonds is 2. The molecule has 0 aliphatic carbocycles. The number of ether oxygens (including phenoxy) is 1. The number of hydrogen-bond acceptors (Lipinski definition) is 8. The van der Waals surface area contributed by atoms with Crippen molar-refractivity contribution in [2.24, 2.45) is 0 Å². The van der Waals surface area contributed by atoms with Gasteiger partial charge in [-0.15, -0.1) is 0 Å². The number of esters is 1. The Balaban J connectivity index is 0. The molecule has 1 aliphatic rings. The Morgan fingerprint density at radius 3 is 2.00 bits per heavy atom. The number of aliphatic hydroxyl groups excluding tert-OH is 3. The van der Waals surface area contributed by atoms with Gasteiger partial charge < -0.3 is 25.2 Å². The van der Waals surface area contributed by atoms with Crippen molar-refractivity contribution in [2.75, 3.05) is 6.61 Å². The van der Waals surface area contributed by atoms with Crippen LogP contribution in [0.3, 0.4) is 0 Å². The summed E-state index contributed by atoms with van der Waals surface area (Å²) in [5, 5.41) is 36.8. The number of carbonyl (C=O) groups is 1. The largest absolute Gasteiger partial charge is 1.00 e. The van der Waals surface area contributed by atoms with Gasteiger partial charge in [0.1, 0.15) is 12.2 Å². The summed E-state index contributed by atoms with van der Waals surface area (Å²) >= 11 is 0. The van der Waals surface area contributed by atoms with Gasteiger partial charge in [-0.25, -0.2) is 4.79 Å². The van der Waals surface area contributed by atoms with Crippen LogP contribution in [-0.4, -0.2) is 57.6 Å². The molecule has 0 amide bonds. The Kier molecular flexibility index (Phi) is 9.61. The van der Waals surface area contributed by atoms with E-state index in [2.05, 4.69) is 4.74 Å². The molecule has 5 N–H and O–H groups in total. The third-order valence-corrected chi connectivity index (χ3v) is 1.46. The van der Waals surface area contributed by atoms with Gasteiger partial charge in [0.15, 0.2) is 5.76 Å². The van der Waals surface area contributed by atoms with E-state index < -0.39 is 46.7 Å². The normalized spacial score (nSPS) is 20.4. The van der Waals surface area contributed by atoms with Crippen molar-refractivity contribution in [3.63, 3.8) is 0 Å². The van der Waals surface area contributed by atoms with Crippen molar-refractivity contribution in [3.05, 3.63) is 11.5 Å². The van der Waals surface area contributed by atoms with E-state index in [1.165, 1.54) is 0 Å². The number of cyclic esters (lactones) is 1. The fourth-order valence-electron chi connectivity index (χ4n) is 0.809. The standard InChI is InChI=1S/C6H8O6.K.H2O4S/c7-1-2(8)5-3(9)4(10)6(11)12-5;;1-5(2,3)4/h2,5,7-10H,1H2;;(H2,1,2,3,4)/q;+1;/p-1/t2-,5+;;/m0../s1. The zero-order chi connectivity index (χ0) is 13.8. The first-order valence-electron chi connectivity index (χ1n) is 3.87. The van der Waals surface area contributed by atoms with Gasteiger partial charge in [-0.05, 0) is 5.76 Å². The van der Waals surface area contributed by atoms with Crippen LogP contribution in [0.1, 0.15) is 0 Å². The van der Waals surface area contributed by atoms with Crippen molar-refractivity contribution in [1.82, 2.24) is 0 Å². The summed E-state index contributed by atoms with van der Waals surface area (Å²) in [6, 6.07) is 0. The van der Waals surface area contributed by atoms with Crippen LogP contribution >= 0.6 is 0 Å². The van der Waals surface area contributed by atoms with Crippen molar-refractivity contribution in [1.29, 1.82) is 0 Å². The topological polar surface area (TPSA) is 185 Å². The molecular weight excluding hydrogens is 303 g/mol. The maximum Gasteiger partial charge on any atom is 1.00 e. The van der Waals surface area contributed by atoms with E-state index in [-0.39, 0.29) is 51.4 Å². The summed E-state index contributed by atoms with van der Waals surface area (Å²) < 4.78 is 35.8. The Morgan fingerprint density at radius 1 is 1.39 bits per heavy atom. The van der Waals surface area contributed by atoms with Crippen LogP contribution in [0, 0.1) is 0 Å². The molecule has 0 radical (unpaired) electrons. The molecule has 10 nitrogen and oxygen atoms in total. The third kappa shape index (κ3) is 7.62. The molecule has 0 aromatic carbocycles. The second-order valence-electron chi connectivity index (χ2n) is 2.74. The molecule has 1 rings (SSSR count). The molecule has 0 spiro atoms. The van der Waals surface area contributed by atoms with Crippen LogP contribution in [0.5, 0.6) is 0 Å². The van der Waals surface area contributed by atoms with E-state index in [0.717, 1.165) is 0 Å². The maximum absolute atomic E-state index is 10.8. The molecule has 0 saturated heterocycles. The summed E-state index contributed by atoms with van der Waals surface area (Å²) in [4.78, 5) is 10.5. The van der Waals surface area contributed by atoms with Crippen molar-refractivity contribution >= 4 is 16.4 Å². The fourth-order valence-corrected chi connectivity index (χ4v) is 0.809. The van der Waals surface area contributed by atoms with Gasteiger partial charge >= 0.3 is 67.8 Å². The fraction of sp³-hybridized carbons (Fsp3) is 0.500. The van der Waals surface area contributed by atoms with Gasteiger partial charge in [0.25, 0.3) is 0 Å². The molecular formula is C6H9KO10S. The van der Waals surface area contributed by atoms with Gasteiger partial charge in [-0.1, -0.05) is 0 Å². The molecule has 0 bridgehead atoms. The predicted molar refractivity (Wildman–Crippen MR) is 46.8 cm³/mol. The van der Waals surface area contributed by atoms with Gasteiger partial charge in [0.05, 0.1) is 6.61 Å². The SMILES string of the molecule is O=C1O[C@H]([C@@H](O)CO)C([O-])=C1O.O=S(=O)(O)O.[K+]. The summed E-state index contributed by atoms with van der Waals surface area (Å²) in [6.07, 6.45) is -2.95. The van der Waals surface area contributed by atoms with Gasteiger partial charge in [0, 0.05) is 0 Å². The third-order valence-electron chi connectivity index (χ3n) is 1.46. The second kappa shape index (κ2) is 8.42. The zero-order valence-electron chi connectivity index (χ0n) is 9.05. The van der Waals surface area contributed by atoms with E-state index in [9.17, 15) is 9.90 Å². The number of hydrogen-bond donors (Lipinski definition) is 5. The Hall–Kier alpha value is 0.236. The average Bonchev–Trinajstić information content (AvgIpc) is 2.42. The summed E-state index contributed by atoms with van der Waals surface area (Å²) in [5.41, 5.74) is 0. The monoisotopic (exact) mass is 312 g/mol. The van der Waals surface area contributed by atoms with Crippen LogP contribution in [0.25, 0.3) is 0 Å². The summed E-state index contributed by atoms with van der Waals surface area (Å²) in [7, 11) is -4.67. The molecule has 1 aliphatic heterocycles. The van der Waals surface area contributed by atoms with Gasteiger partial charge in [-0.3, -0.25) is 9.11 Å². The molecule has 12 heteroatoms. The van der Waals surface area contributed by atoms with E-state index >= 15 is 0 Å². The van der Waals surface area contributed by atoms with Crippen molar-refractivity contribution in [2.45, 2.75) is 12.2 Å². The number of carbonyl (C=O) groups excluding carboxylic acids is 1. The van der Waals surface area contributed by atoms with Gasteiger partial charge in [0.2, 0.25) is 0 Å². The van der Waals surface area contributed by atoms with E-state index in [1.807, 2.05) is 0 Å². The van der Waals surface area contributed by atoms with Gasteiger partial charge in [-0.2, -0.15) is 8.42 Å². The van der Waals surface area contributed by atoms with E-state index in [4.69, 9.17) is 32.8 Å². The van der Waals surface area contributed by atoms with Crippen molar-refractivity contribution < 1.29 is 98.9 Å². The molecule has 0 aromatic rings. The molecule has 1 heterocycles. The van der Waals surface area contributed by atoms with E-state index in [0.29, 0.717) is 0 Å². The summed E-state index contributed by atoms with van der Waals surface area (Å²) in [5.74, 6) is -3.20. The first kappa shape index (κ1) is 20.6. The quantitative estimate of drug-likeness (QED) is 0.186. The predicted octanol–water partition coefficient (Wildman–Crippen LogP) is -6.25. The molecule has 0 aromatic heterocycles. The average molecular weight is 312 g/mol. The molecule has 100 valence electrons. The molecule has 0 fully saturated rings. The molecule has 0 unspecified atom stereocenters.